The standard InChI is InChI=1S/C21H32N2O/c1-3-24-16-20(9-8-18-5-6-18)12-13-23(15-20)21(10-11-21)19-7-4-17(2)22-14-19/h4,7,14,18H,3,5-6,8-13,15-16H2,1-2H3/t20-/m1/s1. The highest BCUT2D eigenvalue weighted by Crippen LogP contribution is 2.55. The van der Waals surface area contributed by atoms with E-state index in [-0.39, 0.29) is 5.54 Å². The van der Waals surface area contributed by atoms with E-state index in [0.29, 0.717) is 5.41 Å². The molecule has 3 aliphatic rings. The number of hydrogen-bond donors (Lipinski definition) is 0. The van der Waals surface area contributed by atoms with Crippen LogP contribution in [-0.2, 0) is 10.3 Å². The van der Waals surface area contributed by atoms with Crippen molar-refractivity contribution in [2.24, 2.45) is 11.3 Å². The van der Waals surface area contributed by atoms with Crippen LogP contribution in [0.25, 0.3) is 0 Å². The van der Waals surface area contributed by atoms with E-state index in [4.69, 9.17) is 4.74 Å². The molecule has 24 heavy (non-hydrogen) atoms. The number of nitrogens with zero attached hydrogens (tertiary/aromatic N) is 2. The third-order valence-corrected chi connectivity index (χ3v) is 6.61. The Morgan fingerprint density at radius 1 is 1.25 bits per heavy atom. The molecular formula is C21H32N2O. The summed E-state index contributed by atoms with van der Waals surface area (Å²) in [4.78, 5) is 7.33. The first-order valence-electron chi connectivity index (χ1n) is 9.92. The van der Waals surface area contributed by atoms with Gasteiger partial charge in [-0.25, -0.2) is 0 Å². The van der Waals surface area contributed by atoms with Crippen LogP contribution < -0.4 is 0 Å². The Bertz CT molecular complexity index is 562. The first-order chi connectivity index (χ1) is 11.7. The molecule has 3 heteroatoms. The highest BCUT2D eigenvalue weighted by molar-refractivity contribution is 5.29. The topological polar surface area (TPSA) is 25.4 Å². The maximum absolute atomic E-state index is 5.94. The summed E-state index contributed by atoms with van der Waals surface area (Å²) in [5.74, 6) is 1.02. The van der Waals surface area contributed by atoms with Gasteiger partial charge in [-0.3, -0.25) is 9.88 Å². The molecule has 0 spiro atoms. The largest absolute Gasteiger partial charge is 0.381 e. The van der Waals surface area contributed by atoms with Gasteiger partial charge in [-0.2, -0.15) is 0 Å². The lowest BCUT2D eigenvalue weighted by atomic mass is 9.82. The third kappa shape index (κ3) is 3.25. The Morgan fingerprint density at radius 3 is 2.71 bits per heavy atom. The molecule has 2 saturated carbocycles. The fourth-order valence-corrected chi connectivity index (χ4v) is 4.58. The number of aryl methyl sites for hydroxylation is 1. The van der Waals surface area contributed by atoms with Crippen LogP contribution in [0.15, 0.2) is 18.3 Å². The molecule has 0 radical (unpaired) electrons. The van der Waals surface area contributed by atoms with E-state index in [1.54, 1.807) is 0 Å². The SMILES string of the molecule is CCOC[C@]1(CCC2CC2)CCN(C2(c3ccc(C)nc3)CC2)C1. The van der Waals surface area contributed by atoms with Gasteiger partial charge in [-0.05, 0) is 70.0 Å². The van der Waals surface area contributed by atoms with Crippen molar-refractivity contribution in [3.63, 3.8) is 0 Å². The molecule has 1 saturated heterocycles. The molecule has 0 bridgehead atoms. The molecule has 1 atom stereocenters. The van der Waals surface area contributed by atoms with Crippen LogP contribution in [0.1, 0.15) is 63.1 Å². The van der Waals surface area contributed by atoms with E-state index in [9.17, 15) is 0 Å². The minimum Gasteiger partial charge on any atom is -0.381 e. The predicted molar refractivity (Wildman–Crippen MR) is 97.0 cm³/mol. The maximum Gasteiger partial charge on any atom is 0.0535 e. The highest BCUT2D eigenvalue weighted by atomic mass is 16.5. The number of hydrogen-bond acceptors (Lipinski definition) is 3. The van der Waals surface area contributed by atoms with Gasteiger partial charge < -0.3 is 4.74 Å². The molecule has 3 nitrogen and oxygen atoms in total. The van der Waals surface area contributed by atoms with Crippen molar-refractivity contribution < 1.29 is 4.74 Å². The molecule has 3 fully saturated rings. The number of rotatable bonds is 8. The van der Waals surface area contributed by atoms with Crippen LogP contribution in [0.3, 0.4) is 0 Å². The van der Waals surface area contributed by atoms with Crippen molar-refractivity contribution in [1.82, 2.24) is 9.88 Å². The average molecular weight is 329 g/mol. The summed E-state index contributed by atoms with van der Waals surface area (Å²) in [6.07, 6.45) is 11.7. The molecule has 132 valence electrons. The van der Waals surface area contributed by atoms with E-state index in [1.165, 1.54) is 63.6 Å². The quantitative estimate of drug-likeness (QED) is 0.711. The molecule has 4 rings (SSSR count). The summed E-state index contributed by atoms with van der Waals surface area (Å²) >= 11 is 0. The molecule has 0 amide bonds. The summed E-state index contributed by atoms with van der Waals surface area (Å²) in [7, 11) is 0. The molecule has 1 aromatic rings. The van der Waals surface area contributed by atoms with Gasteiger partial charge in [-0.15, -0.1) is 0 Å². The second-order valence-electron chi connectivity index (χ2n) is 8.51. The first-order valence-corrected chi connectivity index (χ1v) is 9.92. The molecule has 1 aliphatic heterocycles. The van der Waals surface area contributed by atoms with Crippen molar-refractivity contribution in [2.75, 3.05) is 26.3 Å². The average Bonchev–Trinajstić information content (AvgIpc) is 3.52. The lowest BCUT2D eigenvalue weighted by molar-refractivity contribution is 0.0421. The van der Waals surface area contributed by atoms with E-state index in [0.717, 1.165) is 24.8 Å². The summed E-state index contributed by atoms with van der Waals surface area (Å²) in [5.41, 5.74) is 3.23. The van der Waals surface area contributed by atoms with Crippen LogP contribution in [0.2, 0.25) is 0 Å². The van der Waals surface area contributed by atoms with Gasteiger partial charge in [0.05, 0.1) is 6.61 Å². The Kier molecular flexibility index (Phi) is 4.42. The van der Waals surface area contributed by atoms with Gasteiger partial charge in [0.25, 0.3) is 0 Å². The Hall–Kier alpha value is -0.930. The zero-order valence-electron chi connectivity index (χ0n) is 15.4. The van der Waals surface area contributed by atoms with E-state index in [2.05, 4.69) is 42.1 Å². The van der Waals surface area contributed by atoms with Crippen LogP contribution in [0, 0.1) is 18.3 Å². The molecule has 2 heterocycles. The summed E-state index contributed by atoms with van der Waals surface area (Å²) in [6.45, 7) is 8.44. The summed E-state index contributed by atoms with van der Waals surface area (Å²) in [5, 5.41) is 0. The highest BCUT2D eigenvalue weighted by Gasteiger charge is 2.54. The first kappa shape index (κ1) is 16.5. The van der Waals surface area contributed by atoms with Crippen molar-refractivity contribution in [3.8, 4) is 0 Å². The monoisotopic (exact) mass is 328 g/mol. The van der Waals surface area contributed by atoms with Gasteiger partial charge in [0.2, 0.25) is 0 Å². The van der Waals surface area contributed by atoms with Crippen molar-refractivity contribution in [3.05, 3.63) is 29.6 Å². The summed E-state index contributed by atoms with van der Waals surface area (Å²) in [6, 6.07) is 4.48. The lowest BCUT2D eigenvalue weighted by Crippen LogP contribution is -2.37. The molecule has 1 aromatic heterocycles. The number of aromatic nitrogens is 1. The molecule has 0 unspecified atom stereocenters. The lowest BCUT2D eigenvalue weighted by Gasteiger charge is -2.33. The van der Waals surface area contributed by atoms with Gasteiger partial charge in [0.1, 0.15) is 0 Å². The van der Waals surface area contributed by atoms with Gasteiger partial charge in [0.15, 0.2) is 0 Å². The van der Waals surface area contributed by atoms with Gasteiger partial charge in [-0.1, -0.05) is 18.9 Å². The van der Waals surface area contributed by atoms with Crippen LogP contribution in [0.5, 0.6) is 0 Å². The van der Waals surface area contributed by atoms with Gasteiger partial charge in [0, 0.05) is 36.0 Å². The fourth-order valence-electron chi connectivity index (χ4n) is 4.58. The minimum absolute atomic E-state index is 0.286. The molecule has 0 N–H and O–H groups in total. The second kappa shape index (κ2) is 6.42. The van der Waals surface area contributed by atoms with E-state index < -0.39 is 0 Å². The van der Waals surface area contributed by atoms with Crippen molar-refractivity contribution in [2.45, 2.75) is 64.3 Å². The third-order valence-electron chi connectivity index (χ3n) is 6.61. The van der Waals surface area contributed by atoms with Crippen LogP contribution >= 0.6 is 0 Å². The fraction of sp³-hybridized carbons (Fsp3) is 0.762. The Labute approximate surface area is 146 Å². The minimum atomic E-state index is 0.286. The summed E-state index contributed by atoms with van der Waals surface area (Å²) < 4.78 is 5.94. The second-order valence-corrected chi connectivity index (χ2v) is 8.51. The zero-order chi connectivity index (χ0) is 16.6. The predicted octanol–water partition coefficient (Wildman–Crippen LogP) is 4.30. The number of likely N-dealkylation sites (tertiary alicyclic amines) is 1. The van der Waals surface area contributed by atoms with Gasteiger partial charge >= 0.3 is 0 Å². The molecule has 0 aromatic carbocycles. The molecular weight excluding hydrogens is 296 g/mol. The van der Waals surface area contributed by atoms with E-state index in [1.807, 2.05) is 0 Å². The molecule has 2 aliphatic carbocycles. The van der Waals surface area contributed by atoms with Crippen molar-refractivity contribution in [1.29, 1.82) is 0 Å². The number of ether oxygens (including phenoxy) is 1. The number of pyridine rings is 1. The zero-order valence-corrected chi connectivity index (χ0v) is 15.4. The van der Waals surface area contributed by atoms with Crippen LogP contribution in [-0.4, -0.2) is 36.2 Å². The Balaban J connectivity index is 1.47. The van der Waals surface area contributed by atoms with Crippen LogP contribution in [0.4, 0.5) is 0 Å². The van der Waals surface area contributed by atoms with Crippen molar-refractivity contribution >= 4 is 0 Å². The normalized spacial score (nSPS) is 29.1. The van der Waals surface area contributed by atoms with E-state index >= 15 is 0 Å². The maximum atomic E-state index is 5.94. The Morgan fingerprint density at radius 2 is 2.08 bits per heavy atom. The smallest absolute Gasteiger partial charge is 0.0535 e.